The van der Waals surface area contributed by atoms with E-state index < -0.39 is 0 Å². The Labute approximate surface area is 168 Å². The largest absolute Gasteiger partial charge is 0.345 e. The van der Waals surface area contributed by atoms with Crippen molar-refractivity contribution in [2.75, 3.05) is 13.1 Å². The first kappa shape index (κ1) is 17.6. The first-order valence-electron chi connectivity index (χ1n) is 9.95. The molecule has 0 bridgehead atoms. The molecule has 0 spiro atoms. The van der Waals surface area contributed by atoms with Crippen molar-refractivity contribution >= 4 is 33.5 Å². The predicted octanol–water partition coefficient (Wildman–Crippen LogP) is 4.45. The number of aromatic nitrogens is 2. The Kier molecular flexibility index (Phi) is 4.35. The number of H-pyrrole nitrogens is 1. The summed E-state index contributed by atoms with van der Waals surface area (Å²) in [6.45, 7) is 1.14. The van der Waals surface area contributed by atoms with Gasteiger partial charge in [0, 0.05) is 30.1 Å². The summed E-state index contributed by atoms with van der Waals surface area (Å²) < 4.78 is 0. The van der Waals surface area contributed by atoms with Crippen molar-refractivity contribution in [2.45, 2.75) is 12.8 Å². The first-order valence-corrected chi connectivity index (χ1v) is 9.95. The molecule has 1 aliphatic heterocycles. The zero-order valence-corrected chi connectivity index (χ0v) is 16.0. The Morgan fingerprint density at radius 2 is 1.90 bits per heavy atom. The average Bonchev–Trinajstić information content (AvgIpc) is 3.26. The van der Waals surface area contributed by atoms with Crippen molar-refractivity contribution < 1.29 is 9.59 Å². The number of hydrogen-bond donors (Lipinski definition) is 1. The minimum absolute atomic E-state index is 0.0306. The van der Waals surface area contributed by atoms with Gasteiger partial charge in [0.25, 0.3) is 5.91 Å². The fraction of sp³-hybridized carbons (Fsp3) is 0.208. The van der Waals surface area contributed by atoms with Gasteiger partial charge in [-0.1, -0.05) is 42.5 Å². The number of aromatic amines is 1. The molecule has 5 rings (SSSR count). The molecule has 0 aliphatic carbocycles. The lowest BCUT2D eigenvalue weighted by Crippen LogP contribution is -2.42. The van der Waals surface area contributed by atoms with Crippen LogP contribution in [0.1, 0.15) is 33.6 Å². The molecular formula is C24H21N3O2. The van der Waals surface area contributed by atoms with Gasteiger partial charge >= 0.3 is 0 Å². The number of piperidine rings is 1. The van der Waals surface area contributed by atoms with E-state index in [-0.39, 0.29) is 17.6 Å². The number of imidazole rings is 1. The van der Waals surface area contributed by atoms with Gasteiger partial charge in [-0.2, -0.15) is 0 Å². The number of likely N-dealkylation sites (tertiary alicyclic amines) is 1. The lowest BCUT2D eigenvalue weighted by molar-refractivity contribution is 0.0637. The summed E-state index contributed by atoms with van der Waals surface area (Å²) in [5.74, 6) is -0.0744. The van der Waals surface area contributed by atoms with Gasteiger partial charge in [0.1, 0.15) is 0 Å². The van der Waals surface area contributed by atoms with E-state index >= 15 is 0 Å². The van der Waals surface area contributed by atoms with Crippen molar-refractivity contribution in [2.24, 2.45) is 5.92 Å². The zero-order chi connectivity index (χ0) is 19.8. The van der Waals surface area contributed by atoms with Gasteiger partial charge in [-0.3, -0.25) is 9.59 Å². The maximum atomic E-state index is 13.3. The van der Waals surface area contributed by atoms with Gasteiger partial charge in [-0.15, -0.1) is 0 Å². The minimum Gasteiger partial charge on any atom is -0.345 e. The SMILES string of the molecule is O=C(c1cccc2ccccc12)C1CCCN(C(=O)c2ccc3nc[nH]c3c2)C1. The lowest BCUT2D eigenvalue weighted by Gasteiger charge is -2.32. The number of nitrogens with zero attached hydrogens (tertiary/aromatic N) is 2. The first-order chi connectivity index (χ1) is 14.2. The average molecular weight is 383 g/mol. The Bertz CT molecular complexity index is 1220. The highest BCUT2D eigenvalue weighted by molar-refractivity contribution is 6.09. The summed E-state index contributed by atoms with van der Waals surface area (Å²) in [5.41, 5.74) is 3.06. The number of Topliss-reactive ketones (excluding diaryl/α,β-unsaturated/α-hetero) is 1. The maximum absolute atomic E-state index is 13.3. The van der Waals surface area contributed by atoms with E-state index in [9.17, 15) is 9.59 Å². The van der Waals surface area contributed by atoms with E-state index in [1.807, 2.05) is 65.6 Å². The van der Waals surface area contributed by atoms with Crippen molar-refractivity contribution in [1.82, 2.24) is 14.9 Å². The predicted molar refractivity (Wildman–Crippen MR) is 113 cm³/mol. The molecule has 29 heavy (non-hydrogen) atoms. The smallest absolute Gasteiger partial charge is 0.253 e. The number of ketones is 1. The molecule has 1 N–H and O–H groups in total. The van der Waals surface area contributed by atoms with Crippen LogP contribution in [-0.2, 0) is 0 Å². The highest BCUT2D eigenvalue weighted by atomic mass is 16.2. The van der Waals surface area contributed by atoms with Crippen molar-refractivity contribution in [3.63, 3.8) is 0 Å². The summed E-state index contributed by atoms with van der Waals surface area (Å²) in [6, 6.07) is 19.3. The molecule has 5 nitrogen and oxygen atoms in total. The number of fused-ring (bicyclic) bond motifs is 2. The summed E-state index contributed by atoms with van der Waals surface area (Å²) in [7, 11) is 0. The third-order valence-electron chi connectivity index (χ3n) is 5.80. The van der Waals surface area contributed by atoms with Crippen LogP contribution >= 0.6 is 0 Å². The van der Waals surface area contributed by atoms with Crippen LogP contribution in [-0.4, -0.2) is 39.6 Å². The van der Waals surface area contributed by atoms with Crippen LogP contribution in [0.4, 0.5) is 0 Å². The number of nitrogens with one attached hydrogen (secondary N) is 1. The topological polar surface area (TPSA) is 66.1 Å². The molecule has 0 saturated carbocycles. The van der Waals surface area contributed by atoms with Crippen LogP contribution in [0.2, 0.25) is 0 Å². The molecule has 1 saturated heterocycles. The van der Waals surface area contributed by atoms with Crippen LogP contribution in [0.5, 0.6) is 0 Å². The Morgan fingerprint density at radius 1 is 1.03 bits per heavy atom. The number of carbonyl (C=O) groups excluding carboxylic acids is 2. The number of amides is 1. The highest BCUT2D eigenvalue weighted by Crippen LogP contribution is 2.27. The molecule has 1 aromatic heterocycles. The molecule has 1 aliphatic rings. The van der Waals surface area contributed by atoms with Gasteiger partial charge in [0.05, 0.1) is 17.4 Å². The number of hydrogen-bond acceptors (Lipinski definition) is 3. The molecule has 0 radical (unpaired) electrons. The highest BCUT2D eigenvalue weighted by Gasteiger charge is 2.30. The minimum atomic E-state index is -0.172. The Morgan fingerprint density at radius 3 is 2.83 bits per heavy atom. The fourth-order valence-corrected chi connectivity index (χ4v) is 4.29. The third-order valence-corrected chi connectivity index (χ3v) is 5.80. The van der Waals surface area contributed by atoms with Crippen molar-refractivity contribution in [3.8, 4) is 0 Å². The van der Waals surface area contributed by atoms with E-state index in [0.29, 0.717) is 18.7 Å². The molecule has 4 aromatic rings. The normalized spacial score (nSPS) is 17.0. The summed E-state index contributed by atoms with van der Waals surface area (Å²) >= 11 is 0. The van der Waals surface area contributed by atoms with Gasteiger partial charge in [0.2, 0.25) is 0 Å². The lowest BCUT2D eigenvalue weighted by atomic mass is 9.87. The second-order valence-electron chi connectivity index (χ2n) is 7.62. The maximum Gasteiger partial charge on any atom is 0.253 e. The van der Waals surface area contributed by atoms with Crippen LogP contribution in [0.15, 0.2) is 67.0 Å². The monoisotopic (exact) mass is 383 g/mol. The van der Waals surface area contributed by atoms with Gasteiger partial charge in [-0.05, 0) is 41.8 Å². The molecule has 1 amide bonds. The van der Waals surface area contributed by atoms with Gasteiger partial charge in [-0.25, -0.2) is 4.98 Å². The van der Waals surface area contributed by atoms with Crippen LogP contribution in [0.25, 0.3) is 21.8 Å². The third kappa shape index (κ3) is 3.18. The summed E-state index contributed by atoms with van der Waals surface area (Å²) in [6.07, 6.45) is 3.27. The molecule has 5 heteroatoms. The molecule has 1 fully saturated rings. The number of rotatable bonds is 3. The molecule has 2 heterocycles. The second-order valence-corrected chi connectivity index (χ2v) is 7.62. The van der Waals surface area contributed by atoms with Gasteiger partial charge < -0.3 is 9.88 Å². The van der Waals surface area contributed by atoms with Gasteiger partial charge in [0.15, 0.2) is 5.78 Å². The quantitative estimate of drug-likeness (QED) is 0.532. The molecule has 1 unspecified atom stereocenters. The zero-order valence-electron chi connectivity index (χ0n) is 16.0. The summed E-state index contributed by atoms with van der Waals surface area (Å²) in [4.78, 5) is 35.4. The standard InChI is InChI=1S/C24H21N3O2/c28-23(20-9-3-6-16-5-1-2-8-19(16)20)18-7-4-12-27(14-18)24(29)17-10-11-21-22(13-17)26-15-25-21/h1-3,5-6,8-11,13,15,18H,4,7,12,14H2,(H,25,26). The van der Waals surface area contributed by atoms with Crippen LogP contribution < -0.4 is 0 Å². The van der Waals surface area contributed by atoms with E-state index in [0.717, 1.165) is 40.2 Å². The van der Waals surface area contributed by atoms with Crippen molar-refractivity contribution in [1.29, 1.82) is 0 Å². The number of carbonyl (C=O) groups is 2. The molecule has 144 valence electrons. The Balaban J connectivity index is 1.39. The second kappa shape index (κ2) is 7.17. The molecule has 3 aromatic carbocycles. The van der Waals surface area contributed by atoms with Crippen molar-refractivity contribution in [3.05, 3.63) is 78.1 Å². The van der Waals surface area contributed by atoms with Crippen LogP contribution in [0, 0.1) is 5.92 Å². The van der Waals surface area contributed by atoms with E-state index in [1.165, 1.54) is 0 Å². The van der Waals surface area contributed by atoms with E-state index in [2.05, 4.69) is 9.97 Å². The Hall–Kier alpha value is -3.47. The fourth-order valence-electron chi connectivity index (χ4n) is 4.29. The van der Waals surface area contributed by atoms with E-state index in [4.69, 9.17) is 0 Å². The molecule has 1 atom stereocenters. The van der Waals surface area contributed by atoms with Crippen LogP contribution in [0.3, 0.4) is 0 Å². The summed E-state index contributed by atoms with van der Waals surface area (Å²) in [5, 5.41) is 2.04. The molecular weight excluding hydrogens is 362 g/mol. The number of benzene rings is 3. The van der Waals surface area contributed by atoms with E-state index in [1.54, 1.807) is 6.33 Å².